The fourth-order valence-corrected chi connectivity index (χ4v) is 2.00. The van der Waals surface area contributed by atoms with E-state index in [0.29, 0.717) is 22.0 Å². The Labute approximate surface area is 121 Å². The molecule has 0 radical (unpaired) electrons. The summed E-state index contributed by atoms with van der Waals surface area (Å²) in [6.45, 7) is 3.71. The van der Waals surface area contributed by atoms with Crippen LogP contribution < -0.4 is 4.74 Å². The molecular weight excluding hydrogens is 282 g/mol. The van der Waals surface area contributed by atoms with Gasteiger partial charge in [-0.15, -0.1) is 0 Å². The van der Waals surface area contributed by atoms with Crippen molar-refractivity contribution in [3.05, 3.63) is 34.7 Å². The Morgan fingerprint density at radius 3 is 2.65 bits per heavy atom. The summed E-state index contributed by atoms with van der Waals surface area (Å²) in [6.07, 6.45) is 0. The molecule has 5 nitrogen and oxygen atoms in total. The Balaban J connectivity index is 2.59. The molecule has 0 saturated heterocycles. The van der Waals surface area contributed by atoms with Gasteiger partial charge in [0.15, 0.2) is 0 Å². The quantitative estimate of drug-likeness (QED) is 0.928. The molecule has 0 amide bonds. The van der Waals surface area contributed by atoms with Crippen molar-refractivity contribution in [2.24, 2.45) is 0 Å². The number of carbonyl (C=O) groups is 1. The van der Waals surface area contributed by atoms with Crippen LogP contribution in [0.25, 0.3) is 11.5 Å². The second-order valence-corrected chi connectivity index (χ2v) is 4.97. The lowest BCUT2D eigenvalue weighted by Crippen LogP contribution is -2.01. The van der Waals surface area contributed by atoms with E-state index in [4.69, 9.17) is 25.9 Å². The number of benzene rings is 1. The van der Waals surface area contributed by atoms with Crippen molar-refractivity contribution >= 4 is 17.6 Å². The van der Waals surface area contributed by atoms with Gasteiger partial charge in [0.1, 0.15) is 5.75 Å². The molecule has 0 fully saturated rings. The number of hydrogen-bond donors (Lipinski definition) is 1. The monoisotopic (exact) mass is 295 g/mol. The molecule has 0 aliphatic carbocycles. The molecule has 0 unspecified atom stereocenters. The highest BCUT2D eigenvalue weighted by atomic mass is 35.5. The lowest BCUT2D eigenvalue weighted by atomic mass is 10.1. The van der Waals surface area contributed by atoms with Gasteiger partial charge >= 0.3 is 5.97 Å². The van der Waals surface area contributed by atoms with Crippen LogP contribution in [0.2, 0.25) is 5.02 Å². The van der Waals surface area contributed by atoms with Gasteiger partial charge < -0.3 is 14.3 Å². The summed E-state index contributed by atoms with van der Waals surface area (Å²) in [5, 5.41) is 9.67. The summed E-state index contributed by atoms with van der Waals surface area (Å²) in [5.74, 6) is -0.658. The van der Waals surface area contributed by atoms with E-state index >= 15 is 0 Å². The molecule has 1 N–H and O–H groups in total. The number of aromatic carboxylic acids is 1. The number of hydrogen-bond acceptors (Lipinski definition) is 4. The first-order valence-electron chi connectivity index (χ1n) is 6.02. The Kier molecular flexibility index (Phi) is 3.99. The van der Waals surface area contributed by atoms with Gasteiger partial charge in [0.25, 0.3) is 0 Å². The van der Waals surface area contributed by atoms with Crippen molar-refractivity contribution in [2.75, 3.05) is 7.11 Å². The Bertz CT molecular complexity index is 649. The van der Waals surface area contributed by atoms with Gasteiger partial charge in [-0.2, -0.15) is 0 Å². The molecule has 20 heavy (non-hydrogen) atoms. The van der Waals surface area contributed by atoms with Crippen molar-refractivity contribution in [3.63, 3.8) is 0 Å². The predicted molar refractivity (Wildman–Crippen MR) is 74.5 cm³/mol. The van der Waals surface area contributed by atoms with E-state index in [1.54, 1.807) is 18.2 Å². The first kappa shape index (κ1) is 14.4. The number of oxazole rings is 1. The van der Waals surface area contributed by atoms with Crippen LogP contribution in [-0.2, 0) is 0 Å². The maximum Gasteiger partial charge on any atom is 0.373 e. The molecule has 1 heterocycles. The van der Waals surface area contributed by atoms with Crippen molar-refractivity contribution in [3.8, 4) is 17.2 Å². The van der Waals surface area contributed by atoms with Gasteiger partial charge in [-0.05, 0) is 24.1 Å². The van der Waals surface area contributed by atoms with Crippen molar-refractivity contribution in [1.29, 1.82) is 0 Å². The zero-order valence-electron chi connectivity index (χ0n) is 11.3. The molecule has 6 heteroatoms. The summed E-state index contributed by atoms with van der Waals surface area (Å²) in [5.41, 5.74) is 0.968. The topological polar surface area (TPSA) is 72.6 Å². The number of aromatic nitrogens is 1. The van der Waals surface area contributed by atoms with Gasteiger partial charge in [-0.3, -0.25) is 0 Å². The number of methoxy groups -OCH3 is 1. The van der Waals surface area contributed by atoms with E-state index in [1.165, 1.54) is 7.11 Å². The molecule has 0 aliphatic rings. The van der Waals surface area contributed by atoms with E-state index in [1.807, 2.05) is 13.8 Å². The van der Waals surface area contributed by atoms with Gasteiger partial charge in [-0.1, -0.05) is 25.4 Å². The lowest BCUT2D eigenvalue weighted by molar-refractivity contribution is 0.0661. The third-order valence-corrected chi connectivity index (χ3v) is 3.02. The predicted octanol–water partition coefficient (Wildman–Crippen LogP) is 3.83. The number of ether oxygens (including phenoxy) is 1. The number of carboxylic acid groups (broad SMARTS) is 1. The second kappa shape index (κ2) is 5.54. The smallest absolute Gasteiger partial charge is 0.373 e. The first-order chi connectivity index (χ1) is 9.43. The third-order valence-electron chi connectivity index (χ3n) is 2.79. The van der Waals surface area contributed by atoms with E-state index in [9.17, 15) is 4.79 Å². The second-order valence-electron chi connectivity index (χ2n) is 4.54. The molecule has 2 aromatic rings. The highest BCUT2D eigenvalue weighted by Gasteiger charge is 2.23. The fourth-order valence-electron chi connectivity index (χ4n) is 1.83. The molecule has 0 aliphatic heterocycles. The van der Waals surface area contributed by atoms with E-state index < -0.39 is 5.97 Å². The molecule has 0 saturated carbocycles. The van der Waals surface area contributed by atoms with Gasteiger partial charge in [0.2, 0.25) is 11.7 Å². The summed E-state index contributed by atoms with van der Waals surface area (Å²) in [4.78, 5) is 15.5. The van der Waals surface area contributed by atoms with Crippen LogP contribution in [0.5, 0.6) is 5.75 Å². The summed E-state index contributed by atoms with van der Waals surface area (Å²) >= 11 is 5.90. The maximum absolute atomic E-state index is 11.2. The normalized spacial score (nSPS) is 10.8. The molecule has 1 aromatic heterocycles. The summed E-state index contributed by atoms with van der Waals surface area (Å²) < 4.78 is 10.6. The van der Waals surface area contributed by atoms with E-state index in [0.717, 1.165) is 0 Å². The zero-order chi connectivity index (χ0) is 14.9. The standard InChI is InChI=1S/C14H14ClNO4/c1-7(2)11-12(14(17)18)20-13(16-11)9-5-4-8(15)6-10(9)19-3/h4-7H,1-3H3,(H,17,18). The fraction of sp³-hybridized carbons (Fsp3) is 0.286. The largest absolute Gasteiger partial charge is 0.496 e. The van der Waals surface area contributed by atoms with Crippen LogP contribution in [0.3, 0.4) is 0 Å². The highest BCUT2D eigenvalue weighted by molar-refractivity contribution is 6.30. The average molecular weight is 296 g/mol. The van der Waals surface area contributed by atoms with Crippen LogP contribution in [0.4, 0.5) is 0 Å². The van der Waals surface area contributed by atoms with Crippen molar-refractivity contribution < 1.29 is 19.1 Å². The minimum absolute atomic E-state index is 0.0584. The number of halogens is 1. The Hall–Kier alpha value is -2.01. The molecule has 0 spiro atoms. The van der Waals surface area contributed by atoms with Crippen molar-refractivity contribution in [1.82, 2.24) is 4.98 Å². The van der Waals surface area contributed by atoms with E-state index in [-0.39, 0.29) is 17.6 Å². The minimum Gasteiger partial charge on any atom is -0.496 e. The first-order valence-corrected chi connectivity index (χ1v) is 6.39. The molecule has 0 atom stereocenters. The number of rotatable bonds is 4. The number of carboxylic acids is 1. The third kappa shape index (κ3) is 2.63. The molecule has 106 valence electrons. The zero-order valence-corrected chi connectivity index (χ0v) is 12.1. The molecule has 2 rings (SSSR count). The van der Waals surface area contributed by atoms with E-state index in [2.05, 4.69) is 4.98 Å². The van der Waals surface area contributed by atoms with Gasteiger partial charge in [0.05, 0.1) is 18.4 Å². The Morgan fingerprint density at radius 2 is 2.15 bits per heavy atom. The van der Waals surface area contributed by atoms with Crippen LogP contribution in [0.15, 0.2) is 22.6 Å². The van der Waals surface area contributed by atoms with Crippen molar-refractivity contribution in [2.45, 2.75) is 19.8 Å². The lowest BCUT2D eigenvalue weighted by Gasteiger charge is -2.05. The van der Waals surface area contributed by atoms with Crippen LogP contribution in [0.1, 0.15) is 36.0 Å². The van der Waals surface area contributed by atoms with Crippen LogP contribution >= 0.6 is 11.6 Å². The number of nitrogens with zero attached hydrogens (tertiary/aromatic N) is 1. The maximum atomic E-state index is 11.2. The van der Waals surface area contributed by atoms with Gasteiger partial charge in [-0.25, -0.2) is 9.78 Å². The Morgan fingerprint density at radius 1 is 1.45 bits per heavy atom. The van der Waals surface area contributed by atoms with Gasteiger partial charge in [0, 0.05) is 5.02 Å². The molecular formula is C14H14ClNO4. The SMILES string of the molecule is COc1cc(Cl)ccc1-c1nc(C(C)C)c(C(=O)O)o1. The molecule has 0 bridgehead atoms. The molecule has 1 aromatic carbocycles. The van der Waals surface area contributed by atoms with Crippen LogP contribution in [0, 0.1) is 0 Å². The van der Waals surface area contributed by atoms with Crippen LogP contribution in [-0.4, -0.2) is 23.2 Å². The summed E-state index contributed by atoms with van der Waals surface area (Å²) in [6, 6.07) is 4.97. The minimum atomic E-state index is -1.14. The summed E-state index contributed by atoms with van der Waals surface area (Å²) in [7, 11) is 1.50. The average Bonchev–Trinajstić information content (AvgIpc) is 2.83. The highest BCUT2D eigenvalue weighted by Crippen LogP contribution is 2.34.